The van der Waals surface area contributed by atoms with E-state index in [2.05, 4.69) is 9.84 Å². The van der Waals surface area contributed by atoms with E-state index >= 15 is 0 Å². The van der Waals surface area contributed by atoms with Gasteiger partial charge in [0.1, 0.15) is 0 Å². The number of hydrogen-bond donors (Lipinski definition) is 0. The van der Waals surface area contributed by atoms with E-state index in [1.54, 1.807) is 25.4 Å². The van der Waals surface area contributed by atoms with E-state index in [4.69, 9.17) is 0 Å². The van der Waals surface area contributed by atoms with E-state index in [9.17, 15) is 4.79 Å². The maximum Gasteiger partial charge on any atom is 0.332 e. The van der Waals surface area contributed by atoms with Crippen molar-refractivity contribution >= 4 is 12.2 Å². The van der Waals surface area contributed by atoms with Crippen LogP contribution in [0.25, 0.3) is 6.20 Å². The van der Waals surface area contributed by atoms with Crippen LogP contribution in [-0.4, -0.2) is 22.4 Å². The Morgan fingerprint density at radius 3 is 3.17 bits per heavy atom. The van der Waals surface area contributed by atoms with E-state index in [-0.39, 0.29) is 5.97 Å². The molecule has 4 heteroatoms. The van der Waals surface area contributed by atoms with Gasteiger partial charge in [0.05, 0.1) is 6.61 Å². The van der Waals surface area contributed by atoms with Crippen LogP contribution in [0.4, 0.5) is 0 Å². The predicted octanol–water partition coefficient (Wildman–Crippen LogP) is 0.917. The highest BCUT2D eigenvalue weighted by molar-refractivity contribution is 5.84. The fourth-order valence-electron chi connectivity index (χ4n) is 0.696. The monoisotopic (exact) mass is 166 g/mol. The number of carbonyl (C=O) groups is 1. The number of ether oxygens (including phenoxy) is 1. The summed E-state index contributed by atoms with van der Waals surface area (Å²) in [6, 6.07) is 1.77. The SMILES string of the molecule is CCOC(=O)/C=C/n1cccn1. The van der Waals surface area contributed by atoms with Crippen molar-refractivity contribution in [3.05, 3.63) is 24.5 Å². The first-order chi connectivity index (χ1) is 5.83. The van der Waals surface area contributed by atoms with Crippen molar-refractivity contribution in [2.24, 2.45) is 0 Å². The lowest BCUT2D eigenvalue weighted by Gasteiger charge is -1.94. The average Bonchev–Trinajstić information content (AvgIpc) is 2.53. The van der Waals surface area contributed by atoms with Crippen LogP contribution in [0.1, 0.15) is 6.92 Å². The van der Waals surface area contributed by atoms with Gasteiger partial charge in [-0.05, 0) is 13.0 Å². The number of carbonyl (C=O) groups excluding carboxylic acids is 1. The molecular formula is C8H10N2O2. The molecule has 0 fully saturated rings. The van der Waals surface area contributed by atoms with Crippen molar-refractivity contribution in [2.45, 2.75) is 6.92 Å². The lowest BCUT2D eigenvalue weighted by Crippen LogP contribution is -1.99. The highest BCUT2D eigenvalue weighted by atomic mass is 16.5. The Morgan fingerprint density at radius 1 is 1.75 bits per heavy atom. The molecule has 0 aliphatic heterocycles. The molecule has 0 amide bonds. The van der Waals surface area contributed by atoms with Crippen molar-refractivity contribution in [3.8, 4) is 0 Å². The first-order valence-corrected chi connectivity index (χ1v) is 3.67. The average molecular weight is 166 g/mol. The van der Waals surface area contributed by atoms with Gasteiger partial charge in [0, 0.05) is 24.7 Å². The minimum atomic E-state index is -0.354. The molecular weight excluding hydrogens is 156 g/mol. The van der Waals surface area contributed by atoms with Gasteiger partial charge < -0.3 is 4.74 Å². The topological polar surface area (TPSA) is 44.1 Å². The second-order valence-corrected chi connectivity index (χ2v) is 2.05. The van der Waals surface area contributed by atoms with E-state index in [0.717, 1.165) is 0 Å². The Hall–Kier alpha value is -1.58. The number of nitrogens with zero attached hydrogens (tertiary/aromatic N) is 2. The third-order valence-electron chi connectivity index (χ3n) is 1.17. The number of rotatable bonds is 3. The molecule has 0 bridgehead atoms. The van der Waals surface area contributed by atoms with Gasteiger partial charge in [-0.1, -0.05) is 0 Å². The van der Waals surface area contributed by atoms with Crippen LogP contribution in [0, 0.1) is 0 Å². The molecule has 0 aliphatic carbocycles. The minimum Gasteiger partial charge on any atom is -0.463 e. The first-order valence-electron chi connectivity index (χ1n) is 3.67. The molecule has 1 rings (SSSR count). The van der Waals surface area contributed by atoms with Crippen molar-refractivity contribution in [3.63, 3.8) is 0 Å². The molecule has 0 aliphatic rings. The third-order valence-corrected chi connectivity index (χ3v) is 1.17. The van der Waals surface area contributed by atoms with Crippen molar-refractivity contribution in [2.75, 3.05) is 6.61 Å². The predicted molar refractivity (Wildman–Crippen MR) is 44.2 cm³/mol. The first kappa shape index (κ1) is 8.52. The van der Waals surface area contributed by atoms with Gasteiger partial charge in [0.25, 0.3) is 0 Å². The number of hydrogen-bond acceptors (Lipinski definition) is 3. The van der Waals surface area contributed by atoms with Crippen LogP contribution in [0.5, 0.6) is 0 Å². The highest BCUT2D eigenvalue weighted by Gasteiger charge is 1.92. The fraction of sp³-hybridized carbons (Fsp3) is 0.250. The molecule has 1 aromatic heterocycles. The minimum absolute atomic E-state index is 0.354. The Bertz CT molecular complexity index is 265. The second-order valence-electron chi connectivity index (χ2n) is 2.05. The Morgan fingerprint density at radius 2 is 2.58 bits per heavy atom. The third kappa shape index (κ3) is 2.57. The normalized spacial score (nSPS) is 10.4. The molecule has 0 unspecified atom stereocenters. The molecule has 0 saturated heterocycles. The summed E-state index contributed by atoms with van der Waals surface area (Å²) >= 11 is 0. The molecule has 64 valence electrons. The summed E-state index contributed by atoms with van der Waals surface area (Å²) in [6.07, 6.45) is 6.24. The van der Waals surface area contributed by atoms with Gasteiger partial charge in [0.2, 0.25) is 0 Å². The highest BCUT2D eigenvalue weighted by Crippen LogP contribution is 1.87. The summed E-state index contributed by atoms with van der Waals surface area (Å²) in [5.74, 6) is -0.354. The van der Waals surface area contributed by atoms with Crippen molar-refractivity contribution in [1.29, 1.82) is 0 Å². The quantitative estimate of drug-likeness (QED) is 0.495. The molecule has 1 heterocycles. The van der Waals surface area contributed by atoms with E-state index in [1.807, 2.05) is 0 Å². The zero-order valence-corrected chi connectivity index (χ0v) is 6.80. The fourth-order valence-corrected chi connectivity index (χ4v) is 0.696. The van der Waals surface area contributed by atoms with Crippen LogP contribution in [0.2, 0.25) is 0 Å². The lowest BCUT2D eigenvalue weighted by atomic mass is 10.6. The van der Waals surface area contributed by atoms with Crippen LogP contribution in [0.3, 0.4) is 0 Å². The molecule has 0 aromatic carbocycles. The molecule has 0 spiro atoms. The zero-order valence-electron chi connectivity index (χ0n) is 6.80. The summed E-state index contributed by atoms with van der Waals surface area (Å²) in [7, 11) is 0. The number of esters is 1. The molecule has 1 aromatic rings. The summed E-state index contributed by atoms with van der Waals surface area (Å²) in [5.41, 5.74) is 0. The molecule has 0 radical (unpaired) electrons. The van der Waals surface area contributed by atoms with Crippen LogP contribution < -0.4 is 0 Å². The van der Waals surface area contributed by atoms with Crippen LogP contribution in [-0.2, 0) is 9.53 Å². The molecule has 0 atom stereocenters. The van der Waals surface area contributed by atoms with E-state index in [0.29, 0.717) is 6.61 Å². The van der Waals surface area contributed by atoms with Gasteiger partial charge in [0.15, 0.2) is 0 Å². The smallest absolute Gasteiger partial charge is 0.332 e. The zero-order chi connectivity index (χ0) is 8.81. The van der Waals surface area contributed by atoms with Crippen molar-refractivity contribution in [1.82, 2.24) is 9.78 Å². The van der Waals surface area contributed by atoms with Crippen LogP contribution in [0.15, 0.2) is 24.5 Å². The van der Waals surface area contributed by atoms with Gasteiger partial charge in [-0.3, -0.25) is 0 Å². The molecule has 0 N–H and O–H groups in total. The Labute approximate surface area is 70.4 Å². The molecule has 4 nitrogen and oxygen atoms in total. The molecule has 12 heavy (non-hydrogen) atoms. The lowest BCUT2D eigenvalue weighted by molar-refractivity contribution is -0.137. The van der Waals surface area contributed by atoms with Gasteiger partial charge in [-0.25, -0.2) is 9.48 Å². The second kappa shape index (κ2) is 4.33. The maximum atomic E-state index is 10.8. The summed E-state index contributed by atoms with van der Waals surface area (Å²) in [4.78, 5) is 10.8. The Balaban J connectivity index is 2.45. The van der Waals surface area contributed by atoms with Crippen molar-refractivity contribution < 1.29 is 9.53 Å². The van der Waals surface area contributed by atoms with E-state index in [1.165, 1.54) is 17.0 Å². The summed E-state index contributed by atoms with van der Waals surface area (Å²) in [6.45, 7) is 2.15. The van der Waals surface area contributed by atoms with E-state index < -0.39 is 0 Å². The molecule has 0 saturated carbocycles. The largest absolute Gasteiger partial charge is 0.463 e. The summed E-state index contributed by atoms with van der Waals surface area (Å²) < 4.78 is 6.20. The van der Waals surface area contributed by atoms with Gasteiger partial charge in [-0.15, -0.1) is 0 Å². The Kier molecular flexibility index (Phi) is 3.07. The summed E-state index contributed by atoms with van der Waals surface area (Å²) in [5, 5.41) is 3.87. The van der Waals surface area contributed by atoms with Gasteiger partial charge in [-0.2, -0.15) is 5.10 Å². The number of aromatic nitrogens is 2. The van der Waals surface area contributed by atoms with Gasteiger partial charge >= 0.3 is 5.97 Å². The standard InChI is InChI=1S/C8H10N2O2/c1-2-12-8(11)4-7-10-6-3-5-9-10/h3-7H,2H2,1H3/b7-4+. The van der Waals surface area contributed by atoms with Crippen LogP contribution >= 0.6 is 0 Å². The maximum absolute atomic E-state index is 10.8.